The summed E-state index contributed by atoms with van der Waals surface area (Å²) in [7, 11) is 0. The lowest BCUT2D eigenvalue weighted by molar-refractivity contribution is 0.321. The van der Waals surface area contributed by atoms with Gasteiger partial charge in [0.15, 0.2) is 5.82 Å². The number of hydrogen-bond donors (Lipinski definition) is 2. The predicted octanol–water partition coefficient (Wildman–Crippen LogP) is 0.474. The molecule has 1 unspecified atom stereocenters. The first-order valence-electron chi connectivity index (χ1n) is 5.49. The molecule has 0 radical (unpaired) electrons. The average molecular weight is 210 g/mol. The smallest absolute Gasteiger partial charge is 0.240 e. The van der Waals surface area contributed by atoms with Crippen molar-refractivity contribution in [3.05, 3.63) is 11.7 Å². The summed E-state index contributed by atoms with van der Waals surface area (Å²) in [5.41, 5.74) is 0.168. The summed E-state index contributed by atoms with van der Waals surface area (Å²) in [6.45, 7) is 6.97. The maximum atomic E-state index is 5.12. The number of nitrogens with zero attached hydrogens (tertiary/aromatic N) is 2. The summed E-state index contributed by atoms with van der Waals surface area (Å²) in [5, 5.41) is 10.7. The summed E-state index contributed by atoms with van der Waals surface area (Å²) >= 11 is 0. The van der Waals surface area contributed by atoms with Gasteiger partial charge < -0.3 is 15.2 Å². The monoisotopic (exact) mass is 210 g/mol. The molecule has 2 rings (SSSR count). The summed E-state index contributed by atoms with van der Waals surface area (Å²) in [6.07, 6.45) is 1.96. The van der Waals surface area contributed by atoms with Gasteiger partial charge in [0.2, 0.25) is 5.89 Å². The Hall–Kier alpha value is -0.940. The van der Waals surface area contributed by atoms with E-state index >= 15 is 0 Å². The van der Waals surface area contributed by atoms with Gasteiger partial charge in [0.1, 0.15) is 0 Å². The summed E-state index contributed by atoms with van der Waals surface area (Å²) in [4.78, 5) is 4.26. The van der Waals surface area contributed by atoms with Gasteiger partial charge in [-0.1, -0.05) is 12.1 Å². The van der Waals surface area contributed by atoms with Crippen LogP contribution in [0.25, 0.3) is 0 Å². The van der Waals surface area contributed by atoms with Crippen molar-refractivity contribution in [3.63, 3.8) is 0 Å². The van der Waals surface area contributed by atoms with Crippen LogP contribution in [0.4, 0.5) is 0 Å². The van der Waals surface area contributed by atoms with Crippen LogP contribution in [0.15, 0.2) is 4.52 Å². The van der Waals surface area contributed by atoms with E-state index in [4.69, 9.17) is 4.52 Å². The molecule has 2 heterocycles. The van der Waals surface area contributed by atoms with Crippen molar-refractivity contribution in [2.45, 2.75) is 38.8 Å². The Labute approximate surface area is 89.6 Å². The molecule has 0 bridgehead atoms. The number of nitrogens with one attached hydrogen (secondary N) is 2. The van der Waals surface area contributed by atoms with E-state index in [2.05, 4.69) is 27.7 Å². The van der Waals surface area contributed by atoms with Gasteiger partial charge in [-0.15, -0.1) is 0 Å². The molecule has 1 atom stereocenters. The summed E-state index contributed by atoms with van der Waals surface area (Å²) < 4.78 is 5.12. The van der Waals surface area contributed by atoms with Gasteiger partial charge in [-0.05, 0) is 19.9 Å². The fourth-order valence-electron chi connectivity index (χ4n) is 1.76. The maximum Gasteiger partial charge on any atom is 0.240 e. The Balaban J connectivity index is 1.87. The third-order valence-electron chi connectivity index (χ3n) is 2.86. The Morgan fingerprint density at radius 2 is 2.47 bits per heavy atom. The Bertz CT molecular complexity index is 317. The Morgan fingerprint density at radius 1 is 1.60 bits per heavy atom. The van der Waals surface area contributed by atoms with Crippen LogP contribution in [-0.4, -0.2) is 28.8 Å². The summed E-state index contributed by atoms with van der Waals surface area (Å²) in [5.74, 6) is 1.46. The molecule has 1 aliphatic rings. The second kappa shape index (κ2) is 4.28. The van der Waals surface area contributed by atoms with Crippen LogP contribution in [0, 0.1) is 0 Å². The first kappa shape index (κ1) is 10.6. The first-order chi connectivity index (χ1) is 7.22. The molecular formula is C10H18N4O. The molecule has 2 N–H and O–H groups in total. The highest BCUT2D eigenvalue weighted by Crippen LogP contribution is 2.13. The van der Waals surface area contributed by atoms with E-state index < -0.39 is 0 Å². The highest BCUT2D eigenvalue weighted by Gasteiger charge is 2.28. The van der Waals surface area contributed by atoms with Crippen molar-refractivity contribution in [1.82, 2.24) is 20.8 Å². The molecule has 0 saturated carbocycles. The fourth-order valence-corrected chi connectivity index (χ4v) is 1.76. The minimum Gasteiger partial charge on any atom is -0.338 e. The van der Waals surface area contributed by atoms with E-state index in [1.54, 1.807) is 0 Å². The van der Waals surface area contributed by atoms with Gasteiger partial charge in [-0.25, -0.2) is 0 Å². The molecule has 15 heavy (non-hydrogen) atoms. The van der Waals surface area contributed by atoms with Gasteiger partial charge in [-0.3, -0.25) is 0 Å². The number of aryl methyl sites for hydroxylation is 1. The van der Waals surface area contributed by atoms with E-state index in [1.807, 2.05) is 6.92 Å². The van der Waals surface area contributed by atoms with E-state index in [-0.39, 0.29) is 5.54 Å². The van der Waals surface area contributed by atoms with Gasteiger partial charge in [-0.2, -0.15) is 4.98 Å². The molecular weight excluding hydrogens is 192 g/mol. The molecule has 1 aliphatic heterocycles. The lowest BCUT2D eigenvalue weighted by Crippen LogP contribution is -2.43. The topological polar surface area (TPSA) is 63.0 Å². The van der Waals surface area contributed by atoms with E-state index in [0.717, 1.165) is 31.8 Å². The molecule has 0 aliphatic carbocycles. The second-order valence-corrected chi connectivity index (χ2v) is 4.30. The lowest BCUT2D eigenvalue weighted by Gasteiger charge is -2.23. The quantitative estimate of drug-likeness (QED) is 0.756. The van der Waals surface area contributed by atoms with Crippen molar-refractivity contribution in [2.24, 2.45) is 0 Å². The third kappa shape index (κ3) is 2.54. The van der Waals surface area contributed by atoms with E-state index in [1.165, 1.54) is 0 Å². The van der Waals surface area contributed by atoms with Crippen molar-refractivity contribution < 1.29 is 4.52 Å². The largest absolute Gasteiger partial charge is 0.338 e. The first-order valence-corrected chi connectivity index (χ1v) is 5.49. The van der Waals surface area contributed by atoms with Crippen LogP contribution in [-0.2, 0) is 13.0 Å². The zero-order valence-electron chi connectivity index (χ0n) is 9.34. The molecule has 0 amide bonds. The molecule has 84 valence electrons. The molecule has 0 spiro atoms. The third-order valence-corrected chi connectivity index (χ3v) is 2.86. The zero-order chi connectivity index (χ0) is 10.7. The number of aromatic nitrogens is 2. The predicted molar refractivity (Wildman–Crippen MR) is 56.4 cm³/mol. The van der Waals surface area contributed by atoms with Crippen LogP contribution in [0.3, 0.4) is 0 Å². The minimum absolute atomic E-state index is 0.168. The minimum atomic E-state index is 0.168. The van der Waals surface area contributed by atoms with E-state index in [9.17, 15) is 0 Å². The Morgan fingerprint density at radius 3 is 3.07 bits per heavy atom. The number of hydrogen-bond acceptors (Lipinski definition) is 5. The van der Waals surface area contributed by atoms with Crippen molar-refractivity contribution in [2.75, 3.05) is 13.1 Å². The van der Waals surface area contributed by atoms with Gasteiger partial charge in [0.05, 0.1) is 6.54 Å². The summed E-state index contributed by atoms with van der Waals surface area (Å²) in [6, 6.07) is 0. The lowest BCUT2D eigenvalue weighted by atomic mass is 10.0. The molecule has 5 nitrogen and oxygen atoms in total. The zero-order valence-corrected chi connectivity index (χ0v) is 9.34. The normalized spacial score (nSPS) is 26.0. The number of rotatable bonds is 4. The Kier molecular flexibility index (Phi) is 3.02. The fraction of sp³-hybridized carbons (Fsp3) is 0.800. The van der Waals surface area contributed by atoms with Crippen molar-refractivity contribution in [3.8, 4) is 0 Å². The average Bonchev–Trinajstić information content (AvgIpc) is 2.84. The van der Waals surface area contributed by atoms with Crippen molar-refractivity contribution >= 4 is 0 Å². The molecule has 1 aromatic rings. The molecule has 1 saturated heterocycles. The van der Waals surface area contributed by atoms with Crippen LogP contribution in [0.5, 0.6) is 0 Å². The molecule has 1 fully saturated rings. The maximum absolute atomic E-state index is 5.12. The second-order valence-electron chi connectivity index (χ2n) is 4.30. The highest BCUT2D eigenvalue weighted by molar-refractivity contribution is 4.93. The van der Waals surface area contributed by atoms with Gasteiger partial charge >= 0.3 is 0 Å². The van der Waals surface area contributed by atoms with Crippen molar-refractivity contribution in [1.29, 1.82) is 0 Å². The van der Waals surface area contributed by atoms with Gasteiger partial charge in [0, 0.05) is 18.5 Å². The standard InChI is InChI=1S/C10H18N4O/c1-3-8-13-9(15-14-8)6-12-10(2)4-5-11-7-10/h11-12H,3-7H2,1-2H3. The molecule has 1 aromatic heterocycles. The molecule has 5 heteroatoms. The van der Waals surface area contributed by atoms with Gasteiger partial charge in [0.25, 0.3) is 0 Å². The van der Waals surface area contributed by atoms with Crippen LogP contribution < -0.4 is 10.6 Å². The van der Waals surface area contributed by atoms with E-state index in [0.29, 0.717) is 12.4 Å². The molecule has 0 aromatic carbocycles. The highest BCUT2D eigenvalue weighted by atomic mass is 16.5. The van der Waals surface area contributed by atoms with Crippen LogP contribution >= 0.6 is 0 Å². The van der Waals surface area contributed by atoms with Crippen LogP contribution in [0.2, 0.25) is 0 Å². The van der Waals surface area contributed by atoms with Crippen LogP contribution in [0.1, 0.15) is 32.0 Å². The SMILES string of the molecule is CCc1noc(CNC2(C)CCNC2)n1.